The minimum absolute atomic E-state index is 0.258. The first kappa shape index (κ1) is 12.5. The molecule has 1 heterocycles. The Labute approximate surface area is 92.6 Å². The molecule has 0 aromatic carbocycles. The molecular formula is C11H23N3O. The molecule has 1 amide bonds. The molecule has 1 N–H and O–H groups in total. The van der Waals surface area contributed by atoms with Crippen LogP contribution >= 0.6 is 0 Å². The van der Waals surface area contributed by atoms with E-state index in [0.717, 1.165) is 32.7 Å². The van der Waals surface area contributed by atoms with E-state index in [1.54, 1.807) is 0 Å². The van der Waals surface area contributed by atoms with E-state index >= 15 is 0 Å². The molecule has 15 heavy (non-hydrogen) atoms. The van der Waals surface area contributed by atoms with Crippen molar-refractivity contribution in [2.45, 2.75) is 26.8 Å². The molecule has 0 radical (unpaired) electrons. The van der Waals surface area contributed by atoms with Crippen LogP contribution < -0.4 is 5.32 Å². The van der Waals surface area contributed by atoms with Crippen LogP contribution in [-0.2, 0) is 4.79 Å². The van der Waals surface area contributed by atoms with Gasteiger partial charge in [-0.1, -0.05) is 0 Å². The highest BCUT2D eigenvalue weighted by molar-refractivity contribution is 5.78. The standard InChI is InChI=1S/C11H23N3O/c1-4-13(5-2)11(15)9-14-7-6-12-8-10(14)3/h10,12H,4-9H2,1-3H3/t10-/m0/s1. The molecule has 4 heteroatoms. The zero-order valence-electron chi connectivity index (χ0n) is 10.1. The first-order chi connectivity index (χ1) is 7.19. The third-order valence-electron chi connectivity index (χ3n) is 3.09. The van der Waals surface area contributed by atoms with E-state index in [1.165, 1.54) is 0 Å². The van der Waals surface area contributed by atoms with Gasteiger partial charge < -0.3 is 10.2 Å². The maximum Gasteiger partial charge on any atom is 0.236 e. The molecule has 0 saturated carbocycles. The molecule has 1 rings (SSSR count). The van der Waals surface area contributed by atoms with E-state index in [1.807, 2.05) is 18.7 Å². The second kappa shape index (κ2) is 6.08. The van der Waals surface area contributed by atoms with E-state index in [0.29, 0.717) is 12.6 Å². The maximum atomic E-state index is 11.9. The molecule has 0 spiro atoms. The quantitative estimate of drug-likeness (QED) is 0.722. The van der Waals surface area contributed by atoms with Gasteiger partial charge in [-0.2, -0.15) is 0 Å². The van der Waals surface area contributed by atoms with Crippen molar-refractivity contribution in [2.75, 3.05) is 39.3 Å². The van der Waals surface area contributed by atoms with Gasteiger partial charge in [0.1, 0.15) is 0 Å². The van der Waals surface area contributed by atoms with Crippen molar-refractivity contribution in [2.24, 2.45) is 0 Å². The topological polar surface area (TPSA) is 35.6 Å². The number of nitrogens with zero attached hydrogens (tertiary/aromatic N) is 2. The lowest BCUT2D eigenvalue weighted by Gasteiger charge is -2.34. The summed E-state index contributed by atoms with van der Waals surface area (Å²) in [6, 6.07) is 0.471. The second-order valence-corrected chi connectivity index (χ2v) is 4.09. The van der Waals surface area contributed by atoms with Gasteiger partial charge in [0.15, 0.2) is 0 Å². The third kappa shape index (κ3) is 3.47. The van der Waals surface area contributed by atoms with Gasteiger partial charge in [-0.15, -0.1) is 0 Å². The SMILES string of the molecule is CCN(CC)C(=O)CN1CCNC[C@@H]1C. The summed E-state index contributed by atoms with van der Waals surface area (Å²) < 4.78 is 0. The van der Waals surface area contributed by atoms with Crippen LogP contribution in [0.3, 0.4) is 0 Å². The van der Waals surface area contributed by atoms with Crippen LogP contribution in [0.25, 0.3) is 0 Å². The molecule has 0 aliphatic carbocycles. The Morgan fingerprint density at radius 2 is 2.13 bits per heavy atom. The lowest BCUT2D eigenvalue weighted by molar-refractivity contribution is -0.132. The van der Waals surface area contributed by atoms with Gasteiger partial charge in [-0.25, -0.2) is 0 Å². The van der Waals surface area contributed by atoms with E-state index in [-0.39, 0.29) is 5.91 Å². The van der Waals surface area contributed by atoms with Crippen LogP contribution in [0, 0.1) is 0 Å². The number of likely N-dealkylation sites (N-methyl/N-ethyl adjacent to an activating group) is 1. The molecular weight excluding hydrogens is 190 g/mol. The molecule has 1 aliphatic rings. The van der Waals surface area contributed by atoms with Crippen LogP contribution in [-0.4, -0.2) is 61.0 Å². The average Bonchev–Trinajstić information content (AvgIpc) is 2.23. The molecule has 4 nitrogen and oxygen atoms in total. The molecule has 1 atom stereocenters. The predicted molar refractivity (Wildman–Crippen MR) is 61.8 cm³/mol. The van der Waals surface area contributed by atoms with Crippen molar-refractivity contribution in [3.05, 3.63) is 0 Å². The summed E-state index contributed by atoms with van der Waals surface area (Å²) in [5, 5.41) is 3.33. The van der Waals surface area contributed by atoms with Crippen LogP contribution in [0.1, 0.15) is 20.8 Å². The number of carbonyl (C=O) groups is 1. The van der Waals surface area contributed by atoms with Crippen molar-refractivity contribution >= 4 is 5.91 Å². The molecule has 88 valence electrons. The Kier molecular flexibility index (Phi) is 5.05. The van der Waals surface area contributed by atoms with Crippen LogP contribution in [0.4, 0.5) is 0 Å². The number of nitrogens with one attached hydrogen (secondary N) is 1. The number of rotatable bonds is 4. The largest absolute Gasteiger partial charge is 0.342 e. The van der Waals surface area contributed by atoms with Crippen LogP contribution in [0.15, 0.2) is 0 Å². The Balaban J connectivity index is 2.41. The van der Waals surface area contributed by atoms with Crippen LogP contribution in [0.5, 0.6) is 0 Å². The molecule has 0 aromatic rings. The summed E-state index contributed by atoms with van der Waals surface area (Å²) >= 11 is 0. The Hall–Kier alpha value is -0.610. The van der Waals surface area contributed by atoms with Gasteiger partial charge >= 0.3 is 0 Å². The van der Waals surface area contributed by atoms with Gasteiger partial charge in [0.2, 0.25) is 5.91 Å². The number of hydrogen-bond acceptors (Lipinski definition) is 3. The monoisotopic (exact) mass is 213 g/mol. The van der Waals surface area contributed by atoms with Crippen molar-refractivity contribution in [3.8, 4) is 0 Å². The summed E-state index contributed by atoms with van der Waals surface area (Å²) in [7, 11) is 0. The smallest absolute Gasteiger partial charge is 0.236 e. The summed E-state index contributed by atoms with van der Waals surface area (Å²) in [5.74, 6) is 0.258. The summed E-state index contributed by atoms with van der Waals surface area (Å²) in [4.78, 5) is 16.0. The Bertz CT molecular complexity index is 204. The zero-order chi connectivity index (χ0) is 11.3. The Morgan fingerprint density at radius 1 is 1.47 bits per heavy atom. The van der Waals surface area contributed by atoms with Crippen molar-refractivity contribution in [3.63, 3.8) is 0 Å². The van der Waals surface area contributed by atoms with E-state index in [2.05, 4.69) is 17.1 Å². The van der Waals surface area contributed by atoms with Crippen molar-refractivity contribution in [1.82, 2.24) is 15.1 Å². The van der Waals surface area contributed by atoms with Gasteiger partial charge in [0.05, 0.1) is 6.54 Å². The van der Waals surface area contributed by atoms with Crippen LogP contribution in [0.2, 0.25) is 0 Å². The number of piperazine rings is 1. The predicted octanol–water partition coefficient (Wildman–Crippen LogP) is 0.149. The Morgan fingerprint density at radius 3 is 2.67 bits per heavy atom. The minimum Gasteiger partial charge on any atom is -0.342 e. The summed E-state index contributed by atoms with van der Waals surface area (Å²) in [6.07, 6.45) is 0. The highest BCUT2D eigenvalue weighted by Gasteiger charge is 2.21. The molecule has 0 aromatic heterocycles. The number of hydrogen-bond donors (Lipinski definition) is 1. The summed E-state index contributed by atoms with van der Waals surface area (Å²) in [5.41, 5.74) is 0. The second-order valence-electron chi connectivity index (χ2n) is 4.09. The lowest BCUT2D eigenvalue weighted by Crippen LogP contribution is -2.53. The molecule has 0 unspecified atom stereocenters. The van der Waals surface area contributed by atoms with Gasteiger partial charge in [-0.05, 0) is 20.8 Å². The fourth-order valence-corrected chi connectivity index (χ4v) is 1.97. The highest BCUT2D eigenvalue weighted by atomic mass is 16.2. The molecule has 1 aliphatic heterocycles. The first-order valence-corrected chi connectivity index (χ1v) is 5.91. The fourth-order valence-electron chi connectivity index (χ4n) is 1.97. The number of amides is 1. The van der Waals surface area contributed by atoms with Crippen molar-refractivity contribution < 1.29 is 4.79 Å². The van der Waals surface area contributed by atoms with E-state index in [9.17, 15) is 4.79 Å². The van der Waals surface area contributed by atoms with E-state index in [4.69, 9.17) is 0 Å². The maximum absolute atomic E-state index is 11.9. The first-order valence-electron chi connectivity index (χ1n) is 5.91. The molecule has 1 saturated heterocycles. The number of carbonyl (C=O) groups excluding carboxylic acids is 1. The molecule has 0 bridgehead atoms. The minimum atomic E-state index is 0.258. The van der Waals surface area contributed by atoms with Gasteiger partial charge in [-0.3, -0.25) is 9.69 Å². The normalized spacial score (nSPS) is 22.7. The third-order valence-corrected chi connectivity index (χ3v) is 3.09. The van der Waals surface area contributed by atoms with Crippen molar-refractivity contribution in [1.29, 1.82) is 0 Å². The van der Waals surface area contributed by atoms with Gasteiger partial charge in [0.25, 0.3) is 0 Å². The lowest BCUT2D eigenvalue weighted by atomic mass is 10.2. The zero-order valence-corrected chi connectivity index (χ0v) is 10.1. The van der Waals surface area contributed by atoms with Gasteiger partial charge in [0, 0.05) is 38.8 Å². The summed E-state index contributed by atoms with van der Waals surface area (Å²) in [6.45, 7) is 11.4. The highest BCUT2D eigenvalue weighted by Crippen LogP contribution is 2.03. The fraction of sp³-hybridized carbons (Fsp3) is 0.909. The average molecular weight is 213 g/mol. The molecule has 1 fully saturated rings. The van der Waals surface area contributed by atoms with E-state index < -0.39 is 0 Å².